The van der Waals surface area contributed by atoms with Crippen LogP contribution in [0.1, 0.15) is 5.69 Å². The molecule has 0 spiro atoms. The number of hydrogen-bond acceptors (Lipinski definition) is 3. The van der Waals surface area contributed by atoms with Crippen molar-refractivity contribution < 1.29 is 9.90 Å². The Hall–Kier alpha value is -1.49. The Morgan fingerprint density at radius 2 is 1.95 bits per heavy atom. The van der Waals surface area contributed by atoms with Crippen LogP contribution in [0.15, 0.2) is 24.4 Å². The number of carboxylic acids is 1. The largest absolute Gasteiger partial charge is 0.481 e. The maximum Gasteiger partial charge on any atom is 0.309 e. The van der Waals surface area contributed by atoms with Crippen molar-refractivity contribution in [1.82, 2.24) is 4.98 Å². The second-order valence-corrected chi connectivity index (χ2v) is 5.22. The third kappa shape index (κ3) is 2.98. The number of benzene rings is 1. The van der Waals surface area contributed by atoms with E-state index in [2.05, 4.69) is 4.98 Å². The van der Waals surface area contributed by atoms with Crippen molar-refractivity contribution in [2.45, 2.75) is 6.42 Å². The molecule has 1 aromatic carbocycles. The first-order chi connectivity index (χ1) is 9.40. The Morgan fingerprint density at radius 1 is 1.25 bits per heavy atom. The molecule has 3 N–H and O–H groups in total. The summed E-state index contributed by atoms with van der Waals surface area (Å²) in [6.07, 6.45) is 1.27. The van der Waals surface area contributed by atoms with E-state index < -0.39 is 5.97 Å². The maximum absolute atomic E-state index is 10.7. The lowest BCUT2D eigenvalue weighted by Gasteiger charge is -2.09. The molecule has 20 heavy (non-hydrogen) atoms. The van der Waals surface area contributed by atoms with Crippen LogP contribution in [0.5, 0.6) is 0 Å². The van der Waals surface area contributed by atoms with Crippen LogP contribution >= 0.6 is 34.8 Å². The summed E-state index contributed by atoms with van der Waals surface area (Å²) in [5.74, 6) is -0.996. The molecule has 0 atom stereocenters. The van der Waals surface area contributed by atoms with Crippen molar-refractivity contribution in [2.24, 2.45) is 0 Å². The molecule has 1 heterocycles. The standard InChI is InChI=1S/C13H9Cl3N2O2/c14-8-2-1-7(12(15)13(8)16)6-3-9(17)10(18-5-6)4-11(19)20/h1-3,5H,4,17H2,(H,19,20). The van der Waals surface area contributed by atoms with Gasteiger partial charge in [0.05, 0.1) is 32.9 Å². The zero-order valence-corrected chi connectivity index (χ0v) is 12.3. The van der Waals surface area contributed by atoms with Crippen LogP contribution in [-0.2, 0) is 11.2 Å². The number of nitrogens with two attached hydrogens (primary N) is 1. The van der Waals surface area contributed by atoms with Gasteiger partial charge in [-0.15, -0.1) is 0 Å². The summed E-state index contributed by atoms with van der Waals surface area (Å²) in [6, 6.07) is 4.92. The van der Waals surface area contributed by atoms with E-state index in [1.807, 2.05) is 0 Å². The molecule has 2 rings (SSSR count). The number of anilines is 1. The predicted octanol–water partition coefficient (Wildman–Crippen LogP) is 3.92. The summed E-state index contributed by atoms with van der Waals surface area (Å²) in [5, 5.41) is 9.64. The quantitative estimate of drug-likeness (QED) is 0.836. The highest BCUT2D eigenvalue weighted by Crippen LogP contribution is 2.38. The zero-order chi connectivity index (χ0) is 14.9. The van der Waals surface area contributed by atoms with Gasteiger partial charge >= 0.3 is 5.97 Å². The monoisotopic (exact) mass is 330 g/mol. The molecule has 7 heteroatoms. The van der Waals surface area contributed by atoms with Crippen molar-refractivity contribution in [2.75, 3.05) is 5.73 Å². The zero-order valence-electron chi connectivity index (χ0n) is 10.0. The van der Waals surface area contributed by atoms with Crippen molar-refractivity contribution in [1.29, 1.82) is 0 Å². The molecule has 4 nitrogen and oxygen atoms in total. The highest BCUT2D eigenvalue weighted by molar-refractivity contribution is 6.49. The van der Waals surface area contributed by atoms with E-state index in [1.54, 1.807) is 18.2 Å². The van der Waals surface area contributed by atoms with E-state index in [0.29, 0.717) is 26.9 Å². The van der Waals surface area contributed by atoms with Gasteiger partial charge in [-0.1, -0.05) is 40.9 Å². The molecule has 0 saturated heterocycles. The van der Waals surface area contributed by atoms with Crippen LogP contribution in [0.3, 0.4) is 0 Å². The van der Waals surface area contributed by atoms with E-state index in [0.717, 1.165) is 0 Å². The lowest BCUT2D eigenvalue weighted by atomic mass is 10.1. The van der Waals surface area contributed by atoms with E-state index in [4.69, 9.17) is 45.6 Å². The number of nitrogens with zero attached hydrogens (tertiary/aromatic N) is 1. The molecular formula is C13H9Cl3N2O2. The molecule has 1 aromatic heterocycles. The molecule has 0 aliphatic carbocycles. The molecule has 0 aliphatic rings. The summed E-state index contributed by atoms with van der Waals surface area (Å²) in [4.78, 5) is 14.7. The lowest BCUT2D eigenvalue weighted by Crippen LogP contribution is -2.06. The summed E-state index contributed by atoms with van der Waals surface area (Å²) < 4.78 is 0. The number of aliphatic carboxylic acids is 1. The van der Waals surface area contributed by atoms with Crippen LogP contribution in [0.2, 0.25) is 15.1 Å². The molecule has 0 amide bonds. The fraction of sp³-hybridized carbons (Fsp3) is 0.0769. The van der Waals surface area contributed by atoms with Crippen molar-refractivity contribution >= 4 is 46.5 Å². The Balaban J connectivity index is 2.47. The number of nitrogen functional groups attached to an aromatic ring is 1. The van der Waals surface area contributed by atoms with Gasteiger partial charge in [0, 0.05) is 17.3 Å². The van der Waals surface area contributed by atoms with E-state index in [-0.39, 0.29) is 17.1 Å². The number of carbonyl (C=O) groups is 1. The van der Waals surface area contributed by atoms with Gasteiger partial charge in [0.1, 0.15) is 0 Å². The van der Waals surface area contributed by atoms with E-state index in [9.17, 15) is 4.79 Å². The van der Waals surface area contributed by atoms with Crippen LogP contribution in [0, 0.1) is 0 Å². The molecule has 0 aliphatic heterocycles. The molecule has 104 valence electrons. The number of pyridine rings is 1. The number of halogens is 3. The van der Waals surface area contributed by atoms with Gasteiger partial charge in [0.2, 0.25) is 0 Å². The number of aromatic nitrogens is 1. The average molecular weight is 332 g/mol. The lowest BCUT2D eigenvalue weighted by molar-refractivity contribution is -0.136. The second-order valence-electron chi connectivity index (χ2n) is 4.05. The fourth-order valence-corrected chi connectivity index (χ4v) is 2.34. The first-order valence-corrected chi connectivity index (χ1v) is 6.63. The molecular weight excluding hydrogens is 323 g/mol. The Kier molecular flexibility index (Phi) is 4.38. The van der Waals surface area contributed by atoms with Crippen LogP contribution in [0.4, 0.5) is 5.69 Å². The van der Waals surface area contributed by atoms with Crippen LogP contribution in [0.25, 0.3) is 11.1 Å². The normalized spacial score (nSPS) is 10.6. The predicted molar refractivity (Wildman–Crippen MR) is 80.5 cm³/mol. The van der Waals surface area contributed by atoms with Crippen molar-refractivity contribution in [3.8, 4) is 11.1 Å². The summed E-state index contributed by atoms with van der Waals surface area (Å²) >= 11 is 18.0. The number of carboxylic acid groups (broad SMARTS) is 1. The Bertz CT molecular complexity index is 690. The number of rotatable bonds is 3. The van der Waals surface area contributed by atoms with Crippen molar-refractivity contribution in [3.63, 3.8) is 0 Å². The fourth-order valence-electron chi connectivity index (χ4n) is 1.70. The maximum atomic E-state index is 10.7. The number of hydrogen-bond donors (Lipinski definition) is 2. The second kappa shape index (κ2) is 5.87. The summed E-state index contributed by atoms with van der Waals surface area (Å²) in [7, 11) is 0. The van der Waals surface area contributed by atoms with Crippen LogP contribution < -0.4 is 5.73 Å². The average Bonchev–Trinajstić information content (AvgIpc) is 2.38. The minimum atomic E-state index is -0.996. The van der Waals surface area contributed by atoms with E-state index in [1.165, 1.54) is 6.20 Å². The van der Waals surface area contributed by atoms with Gasteiger partial charge in [0.25, 0.3) is 0 Å². The topological polar surface area (TPSA) is 76.2 Å². The molecule has 0 fully saturated rings. The molecule has 0 bridgehead atoms. The highest BCUT2D eigenvalue weighted by atomic mass is 35.5. The highest BCUT2D eigenvalue weighted by Gasteiger charge is 2.13. The van der Waals surface area contributed by atoms with Gasteiger partial charge in [-0.2, -0.15) is 0 Å². The van der Waals surface area contributed by atoms with Gasteiger partial charge in [-0.3, -0.25) is 9.78 Å². The Morgan fingerprint density at radius 3 is 2.55 bits per heavy atom. The van der Waals surface area contributed by atoms with Gasteiger partial charge in [-0.25, -0.2) is 0 Å². The van der Waals surface area contributed by atoms with Gasteiger partial charge in [0.15, 0.2) is 0 Å². The van der Waals surface area contributed by atoms with Gasteiger partial charge in [-0.05, 0) is 12.1 Å². The van der Waals surface area contributed by atoms with Crippen molar-refractivity contribution in [3.05, 3.63) is 45.2 Å². The molecule has 0 radical (unpaired) electrons. The smallest absolute Gasteiger partial charge is 0.309 e. The molecule has 0 saturated carbocycles. The van der Waals surface area contributed by atoms with E-state index >= 15 is 0 Å². The first-order valence-electron chi connectivity index (χ1n) is 5.50. The Labute approximate surface area is 130 Å². The van der Waals surface area contributed by atoms with Crippen LogP contribution in [-0.4, -0.2) is 16.1 Å². The first kappa shape index (κ1) is 14.9. The third-order valence-corrected chi connectivity index (χ3v) is 3.96. The summed E-state index contributed by atoms with van der Waals surface area (Å²) in [6.45, 7) is 0. The molecule has 2 aromatic rings. The molecule has 0 unspecified atom stereocenters. The SMILES string of the molecule is Nc1cc(-c2ccc(Cl)c(Cl)c2Cl)cnc1CC(=O)O. The van der Waals surface area contributed by atoms with Gasteiger partial charge < -0.3 is 10.8 Å². The minimum absolute atomic E-state index is 0.235. The third-order valence-electron chi connectivity index (χ3n) is 2.67. The minimum Gasteiger partial charge on any atom is -0.481 e. The summed E-state index contributed by atoms with van der Waals surface area (Å²) in [5.41, 5.74) is 7.65.